The van der Waals surface area contributed by atoms with Crippen LogP contribution in [0.15, 0.2) is 151 Å². The first kappa shape index (κ1) is 73.6. The van der Waals surface area contributed by atoms with Crippen molar-refractivity contribution < 1.29 is 56.2 Å². The summed E-state index contributed by atoms with van der Waals surface area (Å²) in [5.41, 5.74) is 20.1. The molecule has 0 saturated carbocycles. The van der Waals surface area contributed by atoms with Crippen LogP contribution in [0.1, 0.15) is 184 Å². The number of fused-ring (bicyclic) bond motifs is 3. The van der Waals surface area contributed by atoms with E-state index in [0.717, 1.165) is 82.1 Å². The van der Waals surface area contributed by atoms with Crippen LogP contribution < -0.4 is 43.1 Å². The number of carbonyl (C=O) groups excluding carboxylic acids is 7. The normalized spacial score (nSPS) is 14.3. The van der Waals surface area contributed by atoms with Crippen LogP contribution in [-0.4, -0.2) is 97.4 Å². The maximum atomic E-state index is 13.5. The highest BCUT2D eigenvalue weighted by Gasteiger charge is 2.30. The molecule has 104 heavy (non-hydrogen) atoms. The molecule has 0 radical (unpaired) electrons. The Labute approximate surface area is 594 Å². The van der Waals surface area contributed by atoms with Gasteiger partial charge in [-0.15, -0.1) is 0 Å². The van der Waals surface area contributed by atoms with Crippen LogP contribution >= 0.6 is 0 Å². The highest BCUT2D eigenvalue weighted by molar-refractivity contribution is 6.00. The van der Waals surface area contributed by atoms with Gasteiger partial charge in [-0.05, 0) is 175 Å². The van der Waals surface area contributed by atoms with E-state index >= 15 is 0 Å². The largest absolute Gasteiger partial charge is 0.481 e. The van der Waals surface area contributed by atoms with Crippen molar-refractivity contribution in [2.45, 2.75) is 97.1 Å². The van der Waals surface area contributed by atoms with Gasteiger partial charge < -0.3 is 47.1 Å². The summed E-state index contributed by atoms with van der Waals surface area (Å²) in [5.74, 6) is -3.37. The van der Waals surface area contributed by atoms with Crippen molar-refractivity contribution >= 4 is 53.3 Å². The van der Waals surface area contributed by atoms with Crippen molar-refractivity contribution in [3.63, 3.8) is 0 Å². The lowest BCUT2D eigenvalue weighted by atomic mass is 10.0. The number of nitrogens with zero attached hydrogens (tertiary/aromatic N) is 8. The number of hydrogen-bond donors (Lipinski definition) is 9. The summed E-state index contributed by atoms with van der Waals surface area (Å²) in [4.78, 5) is 111. The molecule has 7 amide bonds. The maximum absolute atomic E-state index is 13.5. The second-order valence-corrected chi connectivity index (χ2v) is 24.3. The molecule has 3 aliphatic rings. The molecule has 29 heteroatoms. The van der Waals surface area contributed by atoms with Crippen LogP contribution in [0.3, 0.4) is 0 Å². The number of methoxy groups -OCH3 is 2. The predicted molar refractivity (Wildman–Crippen MR) is 373 cm³/mol. The minimum atomic E-state index is -0.731. The zero-order valence-electron chi connectivity index (χ0n) is 56.9. The summed E-state index contributed by atoms with van der Waals surface area (Å²) in [6.07, 6.45) is 7.14. The number of ether oxygens (including phenoxy) is 2. The third-order valence-corrected chi connectivity index (χ3v) is 17.3. The van der Waals surface area contributed by atoms with Crippen LogP contribution in [0.25, 0.3) is 0 Å². The molecule has 3 atom stereocenters. The molecule has 9 aromatic rings. The number of nitriles is 1. The van der Waals surface area contributed by atoms with Crippen LogP contribution in [0, 0.1) is 55.0 Å². The molecular weight excluding hydrogens is 1340 g/mol. The number of aryl methyl sites for hydroxylation is 6. The van der Waals surface area contributed by atoms with Gasteiger partial charge in [0.15, 0.2) is 5.84 Å². The zero-order chi connectivity index (χ0) is 74.1. The average molecular weight is 1410 g/mol. The molecule has 0 fully saturated rings. The molecule has 12 rings (SSSR count). The quantitative estimate of drug-likeness (QED) is 0.0220. The van der Waals surface area contributed by atoms with E-state index in [9.17, 15) is 46.7 Å². The molecule has 3 unspecified atom stereocenters. The van der Waals surface area contributed by atoms with Gasteiger partial charge in [0.2, 0.25) is 5.90 Å². The van der Waals surface area contributed by atoms with Gasteiger partial charge in [-0.3, -0.25) is 34.2 Å². The summed E-state index contributed by atoms with van der Waals surface area (Å²) < 4.78 is 49.7. The van der Waals surface area contributed by atoms with Crippen LogP contribution in [0.4, 0.5) is 18.0 Å². The van der Waals surface area contributed by atoms with Gasteiger partial charge in [-0.1, -0.05) is 60.7 Å². The molecule has 3 aromatic heterocycles. The Morgan fingerprint density at radius 1 is 0.481 bits per heavy atom. The Kier molecular flexibility index (Phi) is 23.9. The number of amides is 7. The van der Waals surface area contributed by atoms with E-state index < -0.39 is 41.5 Å². The third-order valence-electron chi connectivity index (χ3n) is 17.3. The highest BCUT2D eigenvalue weighted by atomic mass is 19.1. The molecule has 3 aliphatic carbocycles. The lowest BCUT2D eigenvalue weighted by Crippen LogP contribution is -2.29. The monoisotopic (exact) mass is 1410 g/mol. The van der Waals surface area contributed by atoms with Crippen molar-refractivity contribution in [1.82, 2.24) is 67.2 Å². The van der Waals surface area contributed by atoms with Crippen molar-refractivity contribution in [2.75, 3.05) is 14.2 Å². The van der Waals surface area contributed by atoms with Gasteiger partial charge in [-0.25, -0.2) is 53.3 Å². The molecule has 10 N–H and O–H groups in total. The fourth-order valence-electron chi connectivity index (χ4n) is 11.8. The topological polar surface area (TPSA) is 386 Å². The summed E-state index contributed by atoms with van der Waals surface area (Å²) in [6.45, 7) is 5.54. The Morgan fingerprint density at radius 2 is 0.827 bits per heavy atom. The summed E-state index contributed by atoms with van der Waals surface area (Å²) in [5, 5.41) is 37.7. The number of halogens is 3. The highest BCUT2D eigenvalue weighted by Crippen LogP contribution is 2.35. The molecule has 0 saturated heterocycles. The average Bonchev–Trinajstić information content (AvgIpc) is 1.66. The van der Waals surface area contributed by atoms with Gasteiger partial charge >= 0.3 is 6.09 Å². The number of amidine groups is 1. The van der Waals surface area contributed by atoms with Crippen molar-refractivity contribution in [3.8, 4) is 6.07 Å². The first-order valence-corrected chi connectivity index (χ1v) is 32.6. The number of aromatic nitrogens is 6. The Bertz CT molecular complexity index is 4910. The smallest absolute Gasteiger partial charge is 0.427 e. The van der Waals surface area contributed by atoms with Crippen molar-refractivity contribution in [1.29, 1.82) is 10.7 Å². The molecule has 0 bridgehead atoms. The maximum Gasteiger partial charge on any atom is 0.427 e. The van der Waals surface area contributed by atoms with Gasteiger partial charge in [0.05, 0.1) is 44.0 Å². The number of benzene rings is 6. The zero-order valence-corrected chi connectivity index (χ0v) is 56.9. The summed E-state index contributed by atoms with van der Waals surface area (Å²) >= 11 is 0. The van der Waals surface area contributed by atoms with Crippen LogP contribution in [-0.2, 0) is 48.4 Å². The minimum absolute atomic E-state index is 0.0378. The standard InChI is InChI=1S/C26H26FN7O4.C25H24FN5O3.C24H20FN5O2/c1-14-9-15(3-7-19(14)27)12-29-24(35)21-11-22(31-13-30-21)25(36)32-20-8-5-16-10-17(4-6-18(16)20)23(28)33-34-26(37)38-2;1-14-9-15(3-7-19(14)26)12-28-24(32)21-11-22(30-13-29-21)25(33)31-20-8-5-16-10-17(23(27)34-2)4-6-18(16)20;1-14-8-16(3-6-19(14)25)12-27-23(31)21-10-22(29-13-28-21)24(32)30-20-7-4-17-9-15(11-26)2-5-18(17)20/h3-4,6-7,9-11,13,20H,5,8,12H2,1-2H3,(H2,28,33)(H,29,35)(H,32,36)(H,34,37);3-4,6-7,9-11,13,20,27H,5,8,12H2,1-2H3,(H,28,32)(H,31,33);2-3,5-6,8-10,13,20H,4,7,12H2,1H3,(H,27,31)(H,30,32). The molecule has 6 aromatic carbocycles. The number of carbonyl (C=O) groups is 7. The summed E-state index contributed by atoms with van der Waals surface area (Å²) in [7, 11) is 2.68. The second-order valence-electron chi connectivity index (χ2n) is 24.3. The third kappa shape index (κ3) is 18.6. The molecule has 0 spiro atoms. The lowest BCUT2D eigenvalue weighted by Gasteiger charge is -2.14. The van der Waals surface area contributed by atoms with Crippen LogP contribution in [0.2, 0.25) is 0 Å². The van der Waals surface area contributed by atoms with Gasteiger partial charge in [0.1, 0.15) is 70.6 Å². The second kappa shape index (κ2) is 33.8. The molecule has 26 nitrogen and oxygen atoms in total. The molecular formula is C75H70F3N17O9. The van der Waals surface area contributed by atoms with E-state index in [1.54, 1.807) is 75.4 Å². The van der Waals surface area contributed by atoms with Gasteiger partial charge in [0.25, 0.3) is 35.4 Å². The first-order valence-electron chi connectivity index (χ1n) is 32.6. The van der Waals surface area contributed by atoms with Gasteiger partial charge in [0, 0.05) is 49.0 Å². The Balaban J connectivity index is 0.000000168. The lowest BCUT2D eigenvalue weighted by molar-refractivity contribution is 0.0919. The van der Waals surface area contributed by atoms with E-state index in [0.29, 0.717) is 46.2 Å². The Morgan fingerprint density at radius 3 is 1.18 bits per heavy atom. The number of nitrogens with one attached hydrogen (secondary N) is 8. The van der Waals surface area contributed by atoms with Crippen molar-refractivity contribution in [2.24, 2.45) is 10.8 Å². The fraction of sp³-hybridized carbons (Fsp3) is 0.227. The van der Waals surface area contributed by atoms with E-state index in [1.807, 2.05) is 36.4 Å². The molecule has 0 aliphatic heterocycles. The minimum Gasteiger partial charge on any atom is -0.481 e. The predicted octanol–water partition coefficient (Wildman–Crippen LogP) is 8.63. The fourth-order valence-corrected chi connectivity index (χ4v) is 11.8. The van der Waals surface area contributed by atoms with Crippen molar-refractivity contribution in [3.05, 3.63) is 281 Å². The summed E-state index contributed by atoms with van der Waals surface area (Å²) in [6, 6.07) is 35.8. The Hall–Kier alpha value is -13.1. The van der Waals surface area contributed by atoms with E-state index in [4.69, 9.17) is 21.1 Å². The first-order chi connectivity index (χ1) is 50.0. The van der Waals surface area contributed by atoms with E-state index in [-0.39, 0.29) is 101 Å². The van der Waals surface area contributed by atoms with E-state index in [1.165, 1.54) is 63.3 Å². The molecule has 3 heterocycles. The SMILES string of the molecule is COC(=N)c1ccc2c(c1)CCC2NC(=O)c1cc(C(=O)NCc2ccc(F)c(C)c2)ncn1.COC(=O)N/N=C(\N)c1ccc2c(c1)CCC2NC(=O)c1cc(C(=O)NCc2ccc(F)c(C)c2)ncn1.Cc1cc(CNC(=O)c2cc(C(=O)NC3CCc4cc(C#N)ccc43)ncn2)ccc1F. The number of hydrogen-bond acceptors (Lipinski definition) is 18. The van der Waals surface area contributed by atoms with Crippen LogP contribution in [0.5, 0.6) is 0 Å². The number of hydrazone groups is 1. The number of nitrogens with two attached hydrogens (primary N) is 1. The van der Waals surface area contributed by atoms with Gasteiger partial charge in [-0.2, -0.15) is 10.4 Å². The molecule has 530 valence electrons. The van der Waals surface area contributed by atoms with E-state index in [2.05, 4.69) is 83.1 Å². The number of rotatable bonds is 18.